The Hall–Kier alpha value is -1.75. The van der Waals surface area contributed by atoms with Gasteiger partial charge in [0.2, 0.25) is 0 Å². The topological polar surface area (TPSA) is 73.6 Å². The first kappa shape index (κ1) is 13.3. The fraction of sp³-hybridized carbons (Fsp3) is 0.417. The zero-order chi connectivity index (χ0) is 12.7. The van der Waals surface area contributed by atoms with Gasteiger partial charge in [-0.05, 0) is 24.6 Å². The number of amides is 1. The summed E-state index contributed by atoms with van der Waals surface area (Å²) in [5.41, 5.74) is 2.52. The average molecular weight is 238 g/mol. The Labute approximate surface area is 101 Å². The second-order valence-electron chi connectivity index (χ2n) is 3.54. The van der Waals surface area contributed by atoms with Crippen LogP contribution in [0.2, 0.25) is 0 Å². The van der Waals surface area contributed by atoms with Gasteiger partial charge in [-0.3, -0.25) is 10.2 Å². The lowest BCUT2D eigenvalue weighted by atomic mass is 10.2. The van der Waals surface area contributed by atoms with Crippen LogP contribution in [-0.4, -0.2) is 19.6 Å². The zero-order valence-electron chi connectivity index (χ0n) is 10.2. The molecule has 0 saturated carbocycles. The number of nitrogens with two attached hydrogens (primary N) is 1. The van der Waals surface area contributed by atoms with E-state index in [1.807, 2.05) is 0 Å². The van der Waals surface area contributed by atoms with Crippen molar-refractivity contribution in [3.63, 3.8) is 0 Å². The van der Waals surface area contributed by atoms with E-state index in [1.54, 1.807) is 25.3 Å². The van der Waals surface area contributed by atoms with Gasteiger partial charge in [-0.15, -0.1) is 0 Å². The lowest BCUT2D eigenvalue weighted by Crippen LogP contribution is -2.29. The number of carbonyl (C=O) groups excluding carboxylic acids is 1. The van der Waals surface area contributed by atoms with Gasteiger partial charge in [-0.1, -0.05) is 13.3 Å². The van der Waals surface area contributed by atoms with Crippen LogP contribution in [0.15, 0.2) is 18.2 Å². The van der Waals surface area contributed by atoms with Crippen LogP contribution < -0.4 is 20.7 Å². The first-order valence-electron chi connectivity index (χ1n) is 5.54. The maximum atomic E-state index is 11.4. The summed E-state index contributed by atoms with van der Waals surface area (Å²) in [7, 11) is 1.56. The molecule has 0 aliphatic rings. The number of nitrogen functional groups attached to an aromatic ring is 1. The molecule has 0 unspecified atom stereocenters. The highest BCUT2D eigenvalue weighted by Gasteiger charge is 2.10. The Kier molecular flexibility index (Phi) is 5.29. The normalized spacial score (nSPS) is 9.82. The number of unbranched alkanes of at least 4 members (excludes halogenated alkanes) is 1. The molecule has 0 fully saturated rings. The van der Waals surface area contributed by atoms with Gasteiger partial charge in [0.05, 0.1) is 13.7 Å². The van der Waals surface area contributed by atoms with E-state index in [2.05, 4.69) is 12.3 Å². The Morgan fingerprint density at radius 3 is 2.76 bits per heavy atom. The highest BCUT2D eigenvalue weighted by Crippen LogP contribution is 2.28. The van der Waals surface area contributed by atoms with Crippen LogP contribution >= 0.6 is 0 Å². The molecule has 94 valence electrons. The lowest BCUT2D eigenvalue weighted by molar-refractivity contribution is 0.0953. The molecule has 1 amide bonds. The molecule has 0 aromatic heterocycles. The summed E-state index contributed by atoms with van der Waals surface area (Å²) < 4.78 is 10.7. The molecule has 5 heteroatoms. The number of ether oxygens (including phenoxy) is 2. The summed E-state index contributed by atoms with van der Waals surface area (Å²) in [4.78, 5) is 11.4. The standard InChI is InChI=1S/C12H18N2O3/c1-3-4-7-17-11-8-9(12(15)14-13)5-6-10(11)16-2/h5-6,8H,3-4,7,13H2,1-2H3,(H,14,15). The van der Waals surface area contributed by atoms with Crippen LogP contribution in [0, 0.1) is 0 Å². The van der Waals surface area contributed by atoms with E-state index in [0.717, 1.165) is 12.8 Å². The minimum atomic E-state index is -0.354. The van der Waals surface area contributed by atoms with Gasteiger partial charge in [0, 0.05) is 5.56 Å². The summed E-state index contributed by atoms with van der Waals surface area (Å²) in [5, 5.41) is 0. The quantitative estimate of drug-likeness (QED) is 0.341. The second kappa shape index (κ2) is 6.75. The fourth-order valence-corrected chi connectivity index (χ4v) is 1.34. The van der Waals surface area contributed by atoms with Crippen molar-refractivity contribution in [3.8, 4) is 11.5 Å². The molecule has 3 N–H and O–H groups in total. The fourth-order valence-electron chi connectivity index (χ4n) is 1.34. The molecular formula is C12H18N2O3. The number of hydrazine groups is 1. The largest absolute Gasteiger partial charge is 0.493 e. The summed E-state index contributed by atoms with van der Waals surface area (Å²) in [6, 6.07) is 4.94. The highest BCUT2D eigenvalue weighted by molar-refractivity contribution is 5.94. The van der Waals surface area contributed by atoms with Crippen molar-refractivity contribution < 1.29 is 14.3 Å². The molecule has 0 saturated heterocycles. The van der Waals surface area contributed by atoms with Gasteiger partial charge in [0.1, 0.15) is 0 Å². The molecule has 1 aromatic carbocycles. The third-order valence-electron chi connectivity index (χ3n) is 2.31. The second-order valence-corrected chi connectivity index (χ2v) is 3.54. The van der Waals surface area contributed by atoms with Crippen molar-refractivity contribution in [1.29, 1.82) is 0 Å². The number of benzene rings is 1. The SMILES string of the molecule is CCCCOc1cc(C(=O)NN)ccc1OC. The molecule has 0 spiro atoms. The molecule has 0 heterocycles. The number of hydrogen-bond acceptors (Lipinski definition) is 4. The molecule has 17 heavy (non-hydrogen) atoms. The minimum absolute atomic E-state index is 0.354. The monoisotopic (exact) mass is 238 g/mol. The summed E-state index contributed by atoms with van der Waals surface area (Å²) in [6.07, 6.45) is 2.00. The molecule has 0 aliphatic carbocycles. The van der Waals surface area contributed by atoms with Gasteiger partial charge in [0.25, 0.3) is 5.91 Å². The average Bonchev–Trinajstić information content (AvgIpc) is 2.38. The maximum Gasteiger partial charge on any atom is 0.265 e. The predicted molar refractivity (Wildman–Crippen MR) is 65.1 cm³/mol. The number of carbonyl (C=O) groups is 1. The Bertz CT molecular complexity index is 380. The van der Waals surface area contributed by atoms with Gasteiger partial charge in [-0.25, -0.2) is 5.84 Å². The van der Waals surface area contributed by atoms with E-state index in [9.17, 15) is 4.79 Å². The van der Waals surface area contributed by atoms with Crippen LogP contribution in [0.25, 0.3) is 0 Å². The van der Waals surface area contributed by atoms with Crippen LogP contribution in [0.1, 0.15) is 30.1 Å². The summed E-state index contributed by atoms with van der Waals surface area (Å²) in [6.45, 7) is 2.68. The van der Waals surface area contributed by atoms with Crippen molar-refractivity contribution >= 4 is 5.91 Å². The molecule has 1 aromatic rings. The Morgan fingerprint density at radius 1 is 1.41 bits per heavy atom. The van der Waals surface area contributed by atoms with Crippen LogP contribution in [0.4, 0.5) is 0 Å². The zero-order valence-corrected chi connectivity index (χ0v) is 10.2. The molecular weight excluding hydrogens is 220 g/mol. The predicted octanol–water partition coefficient (Wildman–Crippen LogP) is 1.48. The van der Waals surface area contributed by atoms with Crippen molar-refractivity contribution in [3.05, 3.63) is 23.8 Å². The van der Waals surface area contributed by atoms with Gasteiger partial charge in [0.15, 0.2) is 11.5 Å². The van der Waals surface area contributed by atoms with E-state index >= 15 is 0 Å². The minimum Gasteiger partial charge on any atom is -0.493 e. The molecule has 0 radical (unpaired) electrons. The molecule has 1 rings (SSSR count). The van der Waals surface area contributed by atoms with Crippen LogP contribution in [0.3, 0.4) is 0 Å². The van der Waals surface area contributed by atoms with Crippen molar-refractivity contribution in [2.75, 3.05) is 13.7 Å². The van der Waals surface area contributed by atoms with Crippen LogP contribution in [0.5, 0.6) is 11.5 Å². The molecule has 0 bridgehead atoms. The van der Waals surface area contributed by atoms with Crippen molar-refractivity contribution in [2.24, 2.45) is 5.84 Å². The van der Waals surface area contributed by atoms with E-state index in [-0.39, 0.29) is 5.91 Å². The number of nitrogens with one attached hydrogen (secondary N) is 1. The number of hydrogen-bond donors (Lipinski definition) is 2. The Balaban J connectivity index is 2.86. The van der Waals surface area contributed by atoms with Crippen molar-refractivity contribution in [1.82, 2.24) is 5.43 Å². The van der Waals surface area contributed by atoms with E-state index < -0.39 is 0 Å². The Morgan fingerprint density at radius 2 is 2.18 bits per heavy atom. The maximum absolute atomic E-state index is 11.4. The number of rotatable bonds is 6. The third-order valence-corrected chi connectivity index (χ3v) is 2.31. The van der Waals surface area contributed by atoms with Gasteiger partial charge >= 0.3 is 0 Å². The highest BCUT2D eigenvalue weighted by atomic mass is 16.5. The van der Waals surface area contributed by atoms with Gasteiger partial charge < -0.3 is 9.47 Å². The number of methoxy groups -OCH3 is 1. The summed E-state index contributed by atoms with van der Waals surface area (Å²) >= 11 is 0. The molecule has 0 aliphatic heterocycles. The summed E-state index contributed by atoms with van der Waals surface area (Å²) in [5.74, 6) is 5.88. The lowest BCUT2D eigenvalue weighted by Gasteiger charge is -2.11. The van der Waals surface area contributed by atoms with E-state index in [0.29, 0.717) is 23.7 Å². The van der Waals surface area contributed by atoms with E-state index in [1.165, 1.54) is 0 Å². The first-order valence-corrected chi connectivity index (χ1v) is 5.54. The van der Waals surface area contributed by atoms with Crippen molar-refractivity contribution in [2.45, 2.75) is 19.8 Å². The smallest absolute Gasteiger partial charge is 0.265 e. The van der Waals surface area contributed by atoms with E-state index in [4.69, 9.17) is 15.3 Å². The van der Waals surface area contributed by atoms with Gasteiger partial charge in [-0.2, -0.15) is 0 Å². The molecule has 0 atom stereocenters. The molecule has 5 nitrogen and oxygen atoms in total. The third kappa shape index (κ3) is 3.64. The van der Waals surface area contributed by atoms with Crippen LogP contribution in [-0.2, 0) is 0 Å². The first-order chi connectivity index (χ1) is 8.22.